The van der Waals surface area contributed by atoms with E-state index >= 15 is 0 Å². The minimum absolute atomic E-state index is 0.0795. The van der Waals surface area contributed by atoms with Crippen LogP contribution in [0.3, 0.4) is 0 Å². The molecule has 3 amide bonds. The molecule has 1 aliphatic rings. The number of hydrogen-bond donors (Lipinski definition) is 1. The van der Waals surface area contributed by atoms with Crippen LogP contribution in [0.1, 0.15) is 43.9 Å². The summed E-state index contributed by atoms with van der Waals surface area (Å²) in [6, 6.07) is 17.8. The summed E-state index contributed by atoms with van der Waals surface area (Å²) >= 11 is 5.83. The third kappa shape index (κ3) is 7.45. The van der Waals surface area contributed by atoms with Crippen molar-refractivity contribution in [1.82, 2.24) is 15.1 Å². The van der Waals surface area contributed by atoms with Gasteiger partial charge in [0.05, 0.1) is 29.6 Å². The van der Waals surface area contributed by atoms with Gasteiger partial charge in [0.25, 0.3) is 0 Å². The van der Waals surface area contributed by atoms with Crippen molar-refractivity contribution < 1.29 is 32.3 Å². The van der Waals surface area contributed by atoms with Gasteiger partial charge < -0.3 is 19.4 Å². The molecule has 1 aromatic heterocycles. The smallest absolute Gasteiger partial charge is 0.415 e. The Morgan fingerprint density at radius 1 is 1.07 bits per heavy atom. The van der Waals surface area contributed by atoms with Gasteiger partial charge in [0.15, 0.2) is 0 Å². The SMILES string of the molecule is CC(C)(C)N(Cc1ccccc1)C(=O)Oc1cc(CC(=O)N2C[C@H](F)C[C@H]2C(=O)NCc2cccc(Cl)c2F)cc2occc12. The number of halogens is 3. The maximum atomic E-state index is 14.5. The van der Waals surface area contributed by atoms with E-state index in [9.17, 15) is 23.2 Å². The number of carbonyl (C=O) groups excluding carboxylic acids is 3. The van der Waals surface area contributed by atoms with Gasteiger partial charge in [0, 0.05) is 30.6 Å². The molecule has 0 spiro atoms. The van der Waals surface area contributed by atoms with Gasteiger partial charge in [0.2, 0.25) is 11.8 Å². The number of nitrogens with zero attached hydrogens (tertiary/aromatic N) is 2. The molecule has 5 rings (SSSR count). The molecule has 236 valence electrons. The van der Waals surface area contributed by atoms with Crippen LogP contribution in [-0.4, -0.2) is 52.0 Å². The van der Waals surface area contributed by atoms with Gasteiger partial charge in [0.1, 0.15) is 29.4 Å². The average Bonchev–Trinajstić information content (AvgIpc) is 3.63. The topological polar surface area (TPSA) is 92.1 Å². The average molecular weight is 638 g/mol. The molecule has 4 aromatic rings. The molecular formula is C34H34ClF2N3O5. The molecule has 0 aliphatic carbocycles. The first kappa shape index (κ1) is 32.0. The first-order valence-corrected chi connectivity index (χ1v) is 15.0. The number of rotatable bonds is 8. The first-order chi connectivity index (χ1) is 21.4. The summed E-state index contributed by atoms with van der Waals surface area (Å²) < 4.78 is 40.3. The predicted octanol–water partition coefficient (Wildman–Crippen LogP) is 6.82. The summed E-state index contributed by atoms with van der Waals surface area (Å²) in [5.41, 5.74) is 1.40. The van der Waals surface area contributed by atoms with Crippen molar-refractivity contribution >= 4 is 40.5 Å². The third-order valence-corrected chi connectivity index (χ3v) is 8.01. The number of carbonyl (C=O) groups is 3. The van der Waals surface area contributed by atoms with Gasteiger partial charge in [-0.05, 0) is 56.2 Å². The van der Waals surface area contributed by atoms with Crippen molar-refractivity contribution in [2.24, 2.45) is 0 Å². The Labute approximate surface area is 264 Å². The van der Waals surface area contributed by atoms with Gasteiger partial charge in [-0.1, -0.05) is 54.1 Å². The van der Waals surface area contributed by atoms with Crippen LogP contribution in [0.15, 0.2) is 77.4 Å². The molecule has 0 bridgehead atoms. The van der Waals surface area contributed by atoms with Crippen molar-refractivity contribution in [1.29, 1.82) is 0 Å². The first-order valence-electron chi connectivity index (χ1n) is 14.6. The molecule has 0 radical (unpaired) electrons. The minimum atomic E-state index is -1.40. The Kier molecular flexibility index (Phi) is 9.43. The number of furan rings is 1. The van der Waals surface area contributed by atoms with E-state index in [1.165, 1.54) is 23.3 Å². The van der Waals surface area contributed by atoms with Crippen molar-refractivity contribution in [3.63, 3.8) is 0 Å². The number of alkyl halides is 1. The lowest BCUT2D eigenvalue weighted by molar-refractivity contribution is -0.138. The number of amides is 3. The Hall–Kier alpha value is -4.44. The summed E-state index contributed by atoms with van der Waals surface area (Å²) in [4.78, 5) is 42.8. The number of fused-ring (bicyclic) bond motifs is 1. The Morgan fingerprint density at radius 3 is 2.56 bits per heavy atom. The molecule has 45 heavy (non-hydrogen) atoms. The zero-order valence-corrected chi connectivity index (χ0v) is 25.9. The molecule has 11 heteroatoms. The highest BCUT2D eigenvalue weighted by molar-refractivity contribution is 6.30. The number of hydrogen-bond acceptors (Lipinski definition) is 5. The standard InChI is InChI=1S/C34H34ClF2N3O5/c1-34(2,3)40(19-21-8-5-4-6-9-21)33(43)45-29-15-22(14-28-25(29)12-13-44-28)16-30(41)39-20-24(36)17-27(39)32(42)38-18-23-10-7-11-26(35)31(23)37/h4-15,24,27H,16-20H2,1-3H3,(H,38,42)/t24-,27+/m1/s1. The van der Waals surface area contributed by atoms with Crippen LogP contribution in [0.5, 0.6) is 5.75 Å². The highest BCUT2D eigenvalue weighted by Crippen LogP contribution is 2.31. The van der Waals surface area contributed by atoms with Crippen molar-refractivity contribution in [3.8, 4) is 5.75 Å². The monoisotopic (exact) mass is 637 g/mol. The normalized spacial score (nSPS) is 16.5. The van der Waals surface area contributed by atoms with Gasteiger partial charge >= 0.3 is 6.09 Å². The molecular weight excluding hydrogens is 604 g/mol. The summed E-state index contributed by atoms with van der Waals surface area (Å²) in [7, 11) is 0. The van der Waals surface area contributed by atoms with Crippen LogP contribution in [0.2, 0.25) is 5.02 Å². The van der Waals surface area contributed by atoms with Gasteiger partial charge in [-0.15, -0.1) is 0 Å². The van der Waals surface area contributed by atoms with Crippen LogP contribution in [0.4, 0.5) is 13.6 Å². The summed E-state index contributed by atoms with van der Waals surface area (Å²) in [6.07, 6.45) is -0.904. The van der Waals surface area contributed by atoms with E-state index in [2.05, 4.69) is 5.32 Å². The molecule has 1 fully saturated rings. The highest BCUT2D eigenvalue weighted by Gasteiger charge is 2.39. The van der Waals surface area contributed by atoms with Gasteiger partial charge in [-0.25, -0.2) is 13.6 Å². The van der Waals surface area contributed by atoms with E-state index in [0.717, 1.165) is 5.56 Å². The third-order valence-electron chi connectivity index (χ3n) is 7.72. The fourth-order valence-corrected chi connectivity index (χ4v) is 5.53. The zero-order chi connectivity index (χ0) is 32.3. The van der Waals surface area contributed by atoms with Crippen LogP contribution in [0.25, 0.3) is 11.0 Å². The Balaban J connectivity index is 1.32. The fraction of sp³-hybridized carbons (Fsp3) is 0.324. The number of nitrogens with one attached hydrogen (secondary N) is 1. The number of likely N-dealkylation sites (tertiary alicyclic amines) is 1. The summed E-state index contributed by atoms with van der Waals surface area (Å²) in [5.74, 6) is -1.54. The van der Waals surface area contributed by atoms with E-state index in [1.54, 1.807) is 29.2 Å². The minimum Gasteiger partial charge on any atom is -0.464 e. The highest BCUT2D eigenvalue weighted by atomic mass is 35.5. The molecule has 1 N–H and O–H groups in total. The second kappa shape index (κ2) is 13.3. The molecule has 1 saturated heterocycles. The van der Waals surface area contributed by atoms with Crippen LogP contribution < -0.4 is 10.1 Å². The summed E-state index contributed by atoms with van der Waals surface area (Å²) in [5, 5.41) is 3.06. The molecule has 1 aliphatic heterocycles. The Morgan fingerprint density at radius 2 is 1.82 bits per heavy atom. The predicted molar refractivity (Wildman–Crippen MR) is 166 cm³/mol. The van der Waals surface area contributed by atoms with Gasteiger partial charge in [-0.3, -0.25) is 14.5 Å². The van der Waals surface area contributed by atoms with Crippen LogP contribution in [-0.2, 0) is 29.1 Å². The second-order valence-corrected chi connectivity index (χ2v) is 12.4. The number of ether oxygens (including phenoxy) is 1. The van der Waals surface area contributed by atoms with Crippen molar-refractivity contribution in [2.75, 3.05) is 6.54 Å². The molecule has 2 atom stereocenters. The lowest BCUT2D eigenvalue weighted by Crippen LogP contribution is -2.46. The number of benzene rings is 3. The lowest BCUT2D eigenvalue weighted by atomic mass is 10.1. The molecule has 2 heterocycles. The van der Waals surface area contributed by atoms with E-state index in [4.69, 9.17) is 20.8 Å². The van der Waals surface area contributed by atoms with Crippen molar-refractivity contribution in [2.45, 2.75) is 64.5 Å². The molecule has 0 unspecified atom stereocenters. The second-order valence-electron chi connectivity index (χ2n) is 12.0. The maximum Gasteiger partial charge on any atom is 0.415 e. The molecule has 0 saturated carbocycles. The maximum absolute atomic E-state index is 14.5. The van der Waals surface area contributed by atoms with E-state index in [1.807, 2.05) is 51.1 Å². The van der Waals surface area contributed by atoms with Crippen LogP contribution >= 0.6 is 11.6 Å². The fourth-order valence-electron chi connectivity index (χ4n) is 5.34. The van der Waals surface area contributed by atoms with Crippen molar-refractivity contribution in [3.05, 3.63) is 101 Å². The zero-order valence-electron chi connectivity index (χ0n) is 25.2. The molecule has 3 aromatic carbocycles. The van der Waals surface area contributed by atoms with E-state index in [0.29, 0.717) is 23.1 Å². The van der Waals surface area contributed by atoms with E-state index in [-0.39, 0.29) is 42.3 Å². The molecule has 8 nitrogen and oxygen atoms in total. The van der Waals surface area contributed by atoms with Crippen LogP contribution in [0, 0.1) is 5.82 Å². The largest absolute Gasteiger partial charge is 0.464 e. The summed E-state index contributed by atoms with van der Waals surface area (Å²) in [6.45, 7) is 5.63. The lowest BCUT2D eigenvalue weighted by Gasteiger charge is -2.34. The van der Waals surface area contributed by atoms with Gasteiger partial charge in [-0.2, -0.15) is 0 Å². The Bertz CT molecular complexity index is 1710. The quantitative estimate of drug-likeness (QED) is 0.229. The van der Waals surface area contributed by atoms with E-state index < -0.39 is 41.5 Å².